The monoisotopic (exact) mass is 330 g/mol. The molecule has 0 N–H and O–H groups in total. The zero-order chi connectivity index (χ0) is 16.7. The first-order valence-electron chi connectivity index (χ1n) is 10.5. The summed E-state index contributed by atoms with van der Waals surface area (Å²) in [6.45, 7) is 8.52. The van der Waals surface area contributed by atoms with E-state index in [0.717, 1.165) is 43.1 Å². The molecule has 4 aliphatic carbocycles. The lowest BCUT2D eigenvalue weighted by molar-refractivity contribution is -0.140. The molecule has 0 radical (unpaired) electrons. The second-order valence-electron chi connectivity index (χ2n) is 10.7. The Kier molecular flexibility index (Phi) is 3.22. The van der Waals surface area contributed by atoms with E-state index < -0.39 is 0 Å². The van der Waals surface area contributed by atoms with Gasteiger partial charge >= 0.3 is 0 Å². The molecule has 5 fully saturated rings. The lowest BCUT2D eigenvalue weighted by Gasteiger charge is -2.60. The molecule has 6 unspecified atom stereocenters. The van der Waals surface area contributed by atoms with E-state index in [1.165, 1.54) is 44.9 Å². The molecule has 0 aromatic carbocycles. The van der Waals surface area contributed by atoms with Crippen molar-refractivity contribution in [3.05, 3.63) is 0 Å². The van der Waals surface area contributed by atoms with E-state index in [1.807, 2.05) is 0 Å². The van der Waals surface area contributed by atoms with E-state index in [2.05, 4.69) is 20.8 Å². The van der Waals surface area contributed by atoms with Gasteiger partial charge in [0, 0.05) is 12.8 Å². The Hall–Kier alpha value is -0.370. The lowest BCUT2D eigenvalue weighted by atomic mass is 9.44. The predicted molar refractivity (Wildman–Crippen MR) is 94.6 cm³/mol. The maximum Gasteiger partial charge on any atom is 0.133 e. The Balaban J connectivity index is 1.44. The number of fused-ring (bicyclic) bond motifs is 5. The number of hydrogen-bond donors (Lipinski definition) is 0. The van der Waals surface area contributed by atoms with Gasteiger partial charge in [0.15, 0.2) is 0 Å². The summed E-state index contributed by atoms with van der Waals surface area (Å²) in [5.41, 5.74) is 1.17. The Morgan fingerprint density at radius 3 is 2.42 bits per heavy atom. The molecule has 1 aliphatic heterocycles. The van der Waals surface area contributed by atoms with Gasteiger partial charge in [-0.2, -0.15) is 0 Å². The van der Waals surface area contributed by atoms with Crippen LogP contribution in [0.2, 0.25) is 0 Å². The molecule has 5 rings (SSSR count). The zero-order valence-corrected chi connectivity index (χ0v) is 15.8. The Bertz CT molecular complexity index is 564. The molecule has 2 nitrogen and oxygen atoms in total. The van der Waals surface area contributed by atoms with E-state index in [1.54, 1.807) is 0 Å². The Labute approximate surface area is 147 Å². The third kappa shape index (κ3) is 1.95. The van der Waals surface area contributed by atoms with Gasteiger partial charge in [-0.15, -0.1) is 0 Å². The molecule has 1 saturated heterocycles. The van der Waals surface area contributed by atoms with Crippen molar-refractivity contribution in [1.29, 1.82) is 0 Å². The lowest BCUT2D eigenvalue weighted by Crippen LogP contribution is -2.54. The van der Waals surface area contributed by atoms with Gasteiger partial charge in [0.1, 0.15) is 5.78 Å². The van der Waals surface area contributed by atoms with Gasteiger partial charge in [-0.1, -0.05) is 13.8 Å². The summed E-state index contributed by atoms with van der Waals surface area (Å²) in [4.78, 5) is 12.0. The third-order valence-corrected chi connectivity index (χ3v) is 9.82. The van der Waals surface area contributed by atoms with Gasteiger partial charge in [-0.05, 0) is 92.3 Å². The summed E-state index contributed by atoms with van der Waals surface area (Å²) < 4.78 is 5.91. The van der Waals surface area contributed by atoms with E-state index in [-0.39, 0.29) is 5.60 Å². The van der Waals surface area contributed by atoms with Crippen LogP contribution in [0.15, 0.2) is 0 Å². The van der Waals surface area contributed by atoms with Crippen LogP contribution in [0.3, 0.4) is 0 Å². The minimum Gasteiger partial charge on any atom is -0.370 e. The third-order valence-electron chi connectivity index (χ3n) is 9.82. The Morgan fingerprint density at radius 1 is 0.917 bits per heavy atom. The smallest absolute Gasteiger partial charge is 0.133 e. The number of hydrogen-bond acceptors (Lipinski definition) is 2. The van der Waals surface area contributed by atoms with Crippen molar-refractivity contribution in [3.8, 4) is 0 Å². The molecule has 0 bridgehead atoms. The fraction of sp³-hybridized carbons (Fsp3) is 0.955. The highest BCUT2D eigenvalue weighted by Crippen LogP contribution is 2.69. The molecule has 2 heteroatoms. The van der Waals surface area contributed by atoms with Crippen molar-refractivity contribution in [2.75, 3.05) is 6.61 Å². The van der Waals surface area contributed by atoms with Crippen molar-refractivity contribution < 1.29 is 9.53 Å². The highest BCUT2D eigenvalue weighted by Gasteiger charge is 2.65. The average Bonchev–Trinajstić information content (AvgIpc) is 3.17. The highest BCUT2D eigenvalue weighted by atomic mass is 16.6. The van der Waals surface area contributed by atoms with Crippen LogP contribution in [0.4, 0.5) is 0 Å². The molecule has 0 amide bonds. The van der Waals surface area contributed by atoms with Crippen LogP contribution in [0, 0.1) is 40.4 Å². The second kappa shape index (κ2) is 4.87. The molecule has 0 aromatic rings. The number of epoxide rings is 1. The maximum absolute atomic E-state index is 12.0. The minimum atomic E-state index is 0.203. The summed E-state index contributed by atoms with van der Waals surface area (Å²) in [5, 5.41) is 0. The van der Waals surface area contributed by atoms with Gasteiger partial charge in [0.2, 0.25) is 0 Å². The van der Waals surface area contributed by atoms with Crippen LogP contribution in [0.5, 0.6) is 0 Å². The number of carbonyl (C=O) groups is 1. The van der Waals surface area contributed by atoms with Gasteiger partial charge in [0.25, 0.3) is 0 Å². The number of Topliss-reactive ketones (excluding diaryl/α,β-unsaturated/α-hetero) is 1. The first kappa shape index (κ1) is 15.9. The molecule has 5 aliphatic rings. The highest BCUT2D eigenvalue weighted by molar-refractivity contribution is 5.79. The molecule has 8 atom stereocenters. The fourth-order valence-corrected chi connectivity index (χ4v) is 8.36. The van der Waals surface area contributed by atoms with Gasteiger partial charge in [-0.3, -0.25) is 4.79 Å². The molecule has 1 heterocycles. The standard InChI is InChI=1S/C22H34O2/c1-20-10-8-15(23)12-14(20)4-5-16-17-6-7-19(22(3)13-24-22)21(17,2)11-9-18(16)20/h14,16-19H,4-13H2,1-3H3/t14?,16?,17?,18?,19?,20-,21-,22?/m0/s1. The largest absolute Gasteiger partial charge is 0.370 e. The molecular formula is C22H34O2. The van der Waals surface area contributed by atoms with E-state index in [4.69, 9.17) is 4.74 Å². The van der Waals surface area contributed by atoms with Crippen LogP contribution < -0.4 is 0 Å². The molecule has 24 heavy (non-hydrogen) atoms. The first-order valence-corrected chi connectivity index (χ1v) is 10.5. The average molecular weight is 331 g/mol. The summed E-state index contributed by atoms with van der Waals surface area (Å²) >= 11 is 0. The molecular weight excluding hydrogens is 296 g/mol. The second-order valence-corrected chi connectivity index (χ2v) is 10.7. The summed E-state index contributed by atoms with van der Waals surface area (Å²) in [5.74, 6) is 4.73. The van der Waals surface area contributed by atoms with Crippen LogP contribution >= 0.6 is 0 Å². The molecule has 0 spiro atoms. The first-order chi connectivity index (χ1) is 11.4. The van der Waals surface area contributed by atoms with E-state index in [0.29, 0.717) is 22.5 Å². The number of carbonyl (C=O) groups excluding carboxylic acids is 1. The molecule has 134 valence electrons. The van der Waals surface area contributed by atoms with Crippen LogP contribution in [0.1, 0.15) is 78.6 Å². The SMILES string of the molecule is CC1(C2CCC3C4CCC5CC(=O)CC[C@]5(C)C4CC[C@@]32C)CO1. The van der Waals surface area contributed by atoms with Crippen molar-refractivity contribution in [2.45, 2.75) is 84.2 Å². The fourth-order valence-electron chi connectivity index (χ4n) is 8.36. The number of ketones is 1. The van der Waals surface area contributed by atoms with E-state index in [9.17, 15) is 4.79 Å². The predicted octanol–water partition coefficient (Wildman–Crippen LogP) is 5.00. The molecule has 0 aromatic heterocycles. The van der Waals surface area contributed by atoms with Crippen LogP contribution in [0.25, 0.3) is 0 Å². The van der Waals surface area contributed by atoms with E-state index >= 15 is 0 Å². The zero-order valence-electron chi connectivity index (χ0n) is 15.8. The van der Waals surface area contributed by atoms with Gasteiger partial charge in [-0.25, -0.2) is 0 Å². The Morgan fingerprint density at radius 2 is 1.67 bits per heavy atom. The summed E-state index contributed by atoms with van der Waals surface area (Å²) in [6, 6.07) is 0. The minimum absolute atomic E-state index is 0.203. The van der Waals surface area contributed by atoms with Crippen LogP contribution in [-0.2, 0) is 9.53 Å². The normalized spacial score (nSPS) is 59.5. The summed E-state index contributed by atoms with van der Waals surface area (Å²) in [6.07, 6.45) is 11.2. The van der Waals surface area contributed by atoms with Crippen molar-refractivity contribution in [2.24, 2.45) is 40.4 Å². The topological polar surface area (TPSA) is 29.6 Å². The number of rotatable bonds is 1. The van der Waals surface area contributed by atoms with Crippen molar-refractivity contribution in [3.63, 3.8) is 0 Å². The van der Waals surface area contributed by atoms with Gasteiger partial charge < -0.3 is 4.74 Å². The van der Waals surface area contributed by atoms with Crippen molar-refractivity contribution >= 4 is 5.78 Å². The number of ether oxygens (including phenoxy) is 1. The van der Waals surface area contributed by atoms with Gasteiger partial charge in [0.05, 0.1) is 12.2 Å². The van der Waals surface area contributed by atoms with Crippen molar-refractivity contribution in [1.82, 2.24) is 0 Å². The molecule has 4 saturated carbocycles. The summed E-state index contributed by atoms with van der Waals surface area (Å²) in [7, 11) is 0. The maximum atomic E-state index is 12.0. The van der Waals surface area contributed by atoms with Crippen LogP contribution in [-0.4, -0.2) is 18.0 Å². The quantitative estimate of drug-likeness (QED) is 0.633.